The molecule has 0 saturated carbocycles. The molecule has 0 aromatic carbocycles. The van der Waals surface area contributed by atoms with Gasteiger partial charge in [0.05, 0.1) is 7.11 Å². The van der Waals surface area contributed by atoms with Gasteiger partial charge in [-0.2, -0.15) is 0 Å². The minimum atomic E-state index is -0.270. The Morgan fingerprint density at radius 2 is 2.40 bits per heavy atom. The van der Waals surface area contributed by atoms with Crippen LogP contribution in [0, 0.1) is 0 Å². The number of rotatable bonds is 4. The number of carbonyl (C=O) groups is 1. The summed E-state index contributed by atoms with van der Waals surface area (Å²) >= 11 is 2.30. The van der Waals surface area contributed by atoms with E-state index >= 15 is 0 Å². The van der Waals surface area contributed by atoms with E-state index in [9.17, 15) is 4.79 Å². The second-order valence-corrected chi connectivity index (χ2v) is 2.84. The topological polar surface area (TPSA) is 26.3 Å². The molecule has 58 valence electrons. The van der Waals surface area contributed by atoms with Gasteiger partial charge in [0.2, 0.25) is 0 Å². The third kappa shape index (κ3) is 6.07. The largest absolute Gasteiger partial charge is 0.466 e. The molecule has 3 heteroatoms. The van der Waals surface area contributed by atoms with Gasteiger partial charge in [0.25, 0.3) is 0 Å². The Morgan fingerprint density at radius 1 is 1.70 bits per heavy atom. The number of esters is 1. The smallest absolute Gasteiger partial charge is 0.330 e. The fourth-order valence-corrected chi connectivity index (χ4v) is 0.883. The Labute approximate surface area is 74.8 Å². The summed E-state index contributed by atoms with van der Waals surface area (Å²) in [5.41, 5.74) is 0. The highest BCUT2D eigenvalue weighted by atomic mass is 127. The molecule has 0 rings (SSSR count). The van der Waals surface area contributed by atoms with Crippen LogP contribution in [-0.4, -0.2) is 17.5 Å². The second kappa shape index (κ2) is 7.05. The van der Waals surface area contributed by atoms with Crippen LogP contribution in [0.4, 0.5) is 0 Å². The normalized spacial score (nSPS) is 10.2. The van der Waals surface area contributed by atoms with Gasteiger partial charge in [0.15, 0.2) is 0 Å². The van der Waals surface area contributed by atoms with Crippen molar-refractivity contribution in [1.29, 1.82) is 0 Å². The minimum Gasteiger partial charge on any atom is -0.466 e. The molecule has 10 heavy (non-hydrogen) atoms. The van der Waals surface area contributed by atoms with Crippen LogP contribution in [0.2, 0.25) is 0 Å². The second-order valence-electron chi connectivity index (χ2n) is 1.76. The first-order valence-electron chi connectivity index (χ1n) is 3.11. The van der Waals surface area contributed by atoms with Gasteiger partial charge in [-0.1, -0.05) is 28.7 Å². The van der Waals surface area contributed by atoms with E-state index in [1.165, 1.54) is 13.2 Å². The lowest BCUT2D eigenvalue weighted by Gasteiger charge is -1.88. The highest BCUT2D eigenvalue weighted by molar-refractivity contribution is 14.1. The Balaban J connectivity index is 3.27. The lowest BCUT2D eigenvalue weighted by Crippen LogP contribution is -1.93. The predicted octanol–water partition coefficient (Wildman–Crippen LogP) is 1.93. The van der Waals surface area contributed by atoms with Crippen LogP contribution in [0.25, 0.3) is 0 Å². The maximum absolute atomic E-state index is 10.5. The lowest BCUT2D eigenvalue weighted by atomic mass is 10.3. The fourth-order valence-electron chi connectivity index (χ4n) is 0.443. The van der Waals surface area contributed by atoms with Gasteiger partial charge >= 0.3 is 5.97 Å². The van der Waals surface area contributed by atoms with E-state index in [-0.39, 0.29) is 5.97 Å². The molecule has 0 aromatic heterocycles. The number of methoxy groups -OCH3 is 1. The molecule has 0 atom stereocenters. The van der Waals surface area contributed by atoms with Gasteiger partial charge in [-0.15, -0.1) is 0 Å². The number of ether oxygens (including phenoxy) is 1. The maximum Gasteiger partial charge on any atom is 0.330 e. The van der Waals surface area contributed by atoms with Gasteiger partial charge in [-0.25, -0.2) is 4.79 Å². The summed E-state index contributed by atoms with van der Waals surface area (Å²) in [4.78, 5) is 10.5. The van der Waals surface area contributed by atoms with E-state index in [1.807, 2.05) is 6.08 Å². The van der Waals surface area contributed by atoms with Crippen molar-refractivity contribution < 1.29 is 9.53 Å². The number of carbonyl (C=O) groups excluding carboxylic acids is 1. The van der Waals surface area contributed by atoms with E-state index in [1.54, 1.807) is 0 Å². The van der Waals surface area contributed by atoms with E-state index in [2.05, 4.69) is 27.3 Å². The summed E-state index contributed by atoms with van der Waals surface area (Å²) in [5, 5.41) is 0. The highest BCUT2D eigenvalue weighted by Crippen LogP contribution is 1.95. The molecule has 0 saturated heterocycles. The molecule has 0 spiro atoms. The van der Waals surface area contributed by atoms with Gasteiger partial charge in [-0.3, -0.25) is 0 Å². The number of allylic oxidation sites excluding steroid dienone is 1. The van der Waals surface area contributed by atoms with Crippen molar-refractivity contribution in [3.63, 3.8) is 0 Å². The van der Waals surface area contributed by atoms with E-state index in [0.717, 1.165) is 17.3 Å². The van der Waals surface area contributed by atoms with Crippen LogP contribution >= 0.6 is 22.6 Å². The Morgan fingerprint density at radius 3 is 2.90 bits per heavy atom. The van der Waals surface area contributed by atoms with Gasteiger partial charge in [-0.05, 0) is 17.3 Å². The summed E-state index contributed by atoms with van der Waals surface area (Å²) < 4.78 is 5.53. The number of alkyl halides is 1. The average molecular weight is 254 g/mol. The van der Waals surface area contributed by atoms with Gasteiger partial charge in [0.1, 0.15) is 0 Å². The molecule has 0 aliphatic heterocycles. The number of hydrogen-bond acceptors (Lipinski definition) is 2. The maximum atomic E-state index is 10.5. The van der Waals surface area contributed by atoms with Crippen molar-refractivity contribution in [2.45, 2.75) is 12.8 Å². The Kier molecular flexibility index (Phi) is 7.01. The summed E-state index contributed by atoms with van der Waals surface area (Å²) in [6.45, 7) is 0. The number of hydrogen-bond donors (Lipinski definition) is 0. The summed E-state index contributed by atoms with van der Waals surface area (Å²) in [7, 11) is 1.38. The molecule has 2 nitrogen and oxygen atoms in total. The zero-order valence-corrected chi connectivity index (χ0v) is 8.13. The molecule has 0 aromatic rings. The van der Waals surface area contributed by atoms with Crippen molar-refractivity contribution in [3.05, 3.63) is 12.2 Å². The van der Waals surface area contributed by atoms with Crippen molar-refractivity contribution in [2.24, 2.45) is 0 Å². The third-order valence-corrected chi connectivity index (χ3v) is 1.72. The van der Waals surface area contributed by atoms with Crippen molar-refractivity contribution in [3.8, 4) is 0 Å². The number of halogens is 1. The van der Waals surface area contributed by atoms with Crippen molar-refractivity contribution >= 4 is 28.6 Å². The molecule has 0 N–H and O–H groups in total. The molecular formula is C7H11IO2. The first-order valence-corrected chi connectivity index (χ1v) is 4.64. The van der Waals surface area contributed by atoms with E-state index < -0.39 is 0 Å². The SMILES string of the molecule is COC(=O)/C=C/CCCI. The summed E-state index contributed by atoms with van der Waals surface area (Å²) in [6.07, 6.45) is 5.38. The fraction of sp³-hybridized carbons (Fsp3) is 0.571. The van der Waals surface area contributed by atoms with Crippen LogP contribution in [0.3, 0.4) is 0 Å². The van der Waals surface area contributed by atoms with Crippen molar-refractivity contribution in [1.82, 2.24) is 0 Å². The van der Waals surface area contributed by atoms with E-state index in [0.29, 0.717) is 0 Å². The van der Waals surface area contributed by atoms with Crippen LogP contribution in [0.15, 0.2) is 12.2 Å². The molecule has 0 bridgehead atoms. The van der Waals surface area contributed by atoms with Gasteiger partial charge in [0, 0.05) is 6.08 Å². The highest BCUT2D eigenvalue weighted by Gasteiger charge is 1.88. The quantitative estimate of drug-likeness (QED) is 0.252. The van der Waals surface area contributed by atoms with E-state index in [4.69, 9.17) is 0 Å². The first-order chi connectivity index (χ1) is 4.81. The minimum absolute atomic E-state index is 0.270. The van der Waals surface area contributed by atoms with Crippen LogP contribution < -0.4 is 0 Å². The predicted molar refractivity (Wildman–Crippen MR) is 49.3 cm³/mol. The molecule has 0 heterocycles. The van der Waals surface area contributed by atoms with Crippen LogP contribution in [0.5, 0.6) is 0 Å². The molecule has 0 aliphatic rings. The molecular weight excluding hydrogens is 243 g/mol. The molecule has 0 fully saturated rings. The molecule has 0 radical (unpaired) electrons. The summed E-state index contributed by atoms with van der Waals surface area (Å²) in [6, 6.07) is 0. The monoisotopic (exact) mass is 254 g/mol. The zero-order chi connectivity index (χ0) is 7.82. The Bertz CT molecular complexity index is 121. The molecule has 0 unspecified atom stereocenters. The lowest BCUT2D eigenvalue weighted by molar-refractivity contribution is -0.134. The van der Waals surface area contributed by atoms with Crippen molar-refractivity contribution in [2.75, 3.05) is 11.5 Å². The van der Waals surface area contributed by atoms with Crippen LogP contribution in [-0.2, 0) is 9.53 Å². The van der Waals surface area contributed by atoms with Crippen LogP contribution in [0.1, 0.15) is 12.8 Å². The standard InChI is InChI=1S/C7H11IO2/c1-10-7(9)5-3-2-4-6-8/h3,5H,2,4,6H2,1H3/b5-3+. The zero-order valence-electron chi connectivity index (χ0n) is 5.97. The molecule has 0 amide bonds. The third-order valence-electron chi connectivity index (χ3n) is 0.960. The number of unbranched alkanes of at least 4 members (excludes halogenated alkanes) is 1. The summed E-state index contributed by atoms with van der Waals surface area (Å²) in [5.74, 6) is -0.270. The van der Waals surface area contributed by atoms with Gasteiger partial charge < -0.3 is 4.74 Å². The molecule has 0 aliphatic carbocycles. The first kappa shape index (κ1) is 9.94. The average Bonchev–Trinajstić information content (AvgIpc) is 1.98. The Hall–Kier alpha value is -0.0600.